The molecule has 0 aromatic rings. The van der Waals surface area contributed by atoms with Crippen LogP contribution in [0.2, 0.25) is 0 Å². The molecule has 0 unspecified atom stereocenters. The third-order valence-electron chi connectivity index (χ3n) is 0.980. The minimum absolute atomic E-state index is 0. The van der Waals surface area contributed by atoms with Crippen LogP contribution < -0.4 is 0 Å². The van der Waals surface area contributed by atoms with Gasteiger partial charge in [0.05, 0.1) is 0 Å². The van der Waals surface area contributed by atoms with Gasteiger partial charge in [-0.1, -0.05) is 6.08 Å². The first-order chi connectivity index (χ1) is 3.91. The van der Waals surface area contributed by atoms with Crippen LogP contribution in [0, 0.1) is 0 Å². The number of hydrogen-bond acceptors (Lipinski definition) is 1. The van der Waals surface area contributed by atoms with E-state index in [4.69, 9.17) is 0 Å². The van der Waals surface area contributed by atoms with Crippen molar-refractivity contribution in [2.24, 2.45) is 0 Å². The van der Waals surface area contributed by atoms with Crippen LogP contribution in [0.4, 0.5) is 0 Å². The number of aldehydes is 1. The van der Waals surface area contributed by atoms with Gasteiger partial charge < -0.3 is 4.79 Å². The predicted molar refractivity (Wildman–Crippen MR) is 43.3 cm³/mol. The molecule has 0 amide bonds. The maximum absolute atomic E-state index is 9.74. The fourth-order valence-corrected chi connectivity index (χ4v) is 0.516. The van der Waals surface area contributed by atoms with Crippen LogP contribution in [0.25, 0.3) is 0 Å². The summed E-state index contributed by atoms with van der Waals surface area (Å²) >= 11 is 0. The van der Waals surface area contributed by atoms with Crippen LogP contribution in [0.3, 0.4) is 0 Å². The highest BCUT2D eigenvalue weighted by Gasteiger charge is 1.81. The zero-order valence-corrected chi connectivity index (χ0v) is 5.10. The Kier molecular flexibility index (Phi) is 14.6. The monoisotopic (exact) mass is 138 g/mol. The summed E-state index contributed by atoms with van der Waals surface area (Å²) in [5.74, 6) is 0. The fraction of sp³-hybridized carbons (Fsp3) is 0.571. The van der Waals surface area contributed by atoms with Gasteiger partial charge in [0.15, 0.2) is 0 Å². The number of carbonyl (C=O) groups excluding carboxylic acids is 1. The van der Waals surface area contributed by atoms with Crippen molar-refractivity contribution < 1.29 is 4.79 Å². The van der Waals surface area contributed by atoms with Crippen molar-refractivity contribution in [1.82, 2.24) is 0 Å². The van der Waals surface area contributed by atoms with Gasteiger partial charge in [0.25, 0.3) is 0 Å². The van der Waals surface area contributed by atoms with Crippen molar-refractivity contribution in [3.05, 3.63) is 12.7 Å². The second kappa shape index (κ2) is 11.0. The summed E-state index contributed by atoms with van der Waals surface area (Å²) in [6.45, 7) is 3.57. The van der Waals surface area contributed by atoms with Gasteiger partial charge in [0.2, 0.25) is 0 Å². The maximum Gasteiger partial charge on any atom is 0.316 e. The van der Waals surface area contributed by atoms with E-state index in [0.717, 1.165) is 25.5 Å². The number of carbonyl (C=O) groups is 1. The molecule has 0 spiro atoms. The van der Waals surface area contributed by atoms with E-state index in [1.165, 1.54) is 0 Å². The van der Waals surface area contributed by atoms with Crippen molar-refractivity contribution in [1.29, 1.82) is 0 Å². The van der Waals surface area contributed by atoms with Crippen LogP contribution >= 0.6 is 0 Å². The quantitative estimate of drug-likeness (QED) is 0.240. The lowest BCUT2D eigenvalue weighted by Crippen LogP contribution is -1.74. The molecule has 0 rings (SSSR count). The van der Waals surface area contributed by atoms with Gasteiger partial charge in [-0.2, -0.15) is 0 Å². The van der Waals surface area contributed by atoms with Crippen LogP contribution in [-0.4, -0.2) is 29.3 Å². The molecule has 0 aliphatic carbocycles. The van der Waals surface area contributed by atoms with Crippen LogP contribution in [0.15, 0.2) is 12.7 Å². The van der Waals surface area contributed by atoms with Crippen LogP contribution in [0.5, 0.6) is 0 Å². The summed E-state index contributed by atoms with van der Waals surface area (Å²) in [7, 11) is 0. The van der Waals surface area contributed by atoms with E-state index >= 15 is 0 Å². The summed E-state index contributed by atoms with van der Waals surface area (Å²) in [5.41, 5.74) is 0. The van der Waals surface area contributed by atoms with E-state index in [1.54, 1.807) is 0 Å². The molecule has 9 heavy (non-hydrogen) atoms. The minimum atomic E-state index is 0. The Hall–Kier alpha value is 0.176. The molecule has 0 fully saturated rings. The Balaban J connectivity index is 0. The third kappa shape index (κ3) is 11.6. The molecule has 0 aliphatic heterocycles. The molecule has 0 saturated carbocycles. The molecule has 1 nitrogen and oxygen atoms in total. The molecule has 0 bridgehead atoms. The summed E-state index contributed by atoms with van der Waals surface area (Å²) in [6, 6.07) is 0. The van der Waals surface area contributed by atoms with Gasteiger partial charge >= 0.3 is 23.1 Å². The average molecular weight is 138 g/mol. The van der Waals surface area contributed by atoms with E-state index in [0.29, 0.717) is 6.42 Å². The fourth-order valence-electron chi connectivity index (χ4n) is 0.516. The molecule has 50 valence electrons. The predicted octanol–water partition coefficient (Wildman–Crippen LogP) is 1.02. The van der Waals surface area contributed by atoms with E-state index in [2.05, 4.69) is 6.58 Å². The topological polar surface area (TPSA) is 17.1 Å². The standard InChI is InChI=1S/C7H12O.Mg.2H/c1-2-3-4-5-6-7-8;;;/h2,7H,1,3-6H2;;;. The normalized spacial score (nSPS) is 7.56. The van der Waals surface area contributed by atoms with Gasteiger partial charge in [0, 0.05) is 6.42 Å². The van der Waals surface area contributed by atoms with E-state index < -0.39 is 0 Å². The lowest BCUT2D eigenvalue weighted by molar-refractivity contribution is -0.107. The van der Waals surface area contributed by atoms with Gasteiger partial charge in [-0.05, 0) is 19.3 Å². The Labute approximate surface area is 72.7 Å². The van der Waals surface area contributed by atoms with E-state index in [-0.39, 0.29) is 23.1 Å². The summed E-state index contributed by atoms with van der Waals surface area (Å²) in [4.78, 5) is 9.74. The van der Waals surface area contributed by atoms with Gasteiger partial charge in [-0.15, -0.1) is 6.58 Å². The molecular formula is C7H14MgO. The SMILES string of the molecule is C=CCCCCC=O.[MgH2]. The molecule has 0 atom stereocenters. The van der Waals surface area contributed by atoms with Crippen molar-refractivity contribution >= 4 is 29.3 Å². The number of rotatable bonds is 5. The van der Waals surface area contributed by atoms with Crippen molar-refractivity contribution in [2.75, 3.05) is 0 Å². The Morgan fingerprint density at radius 2 is 1.78 bits per heavy atom. The molecule has 0 aliphatic rings. The van der Waals surface area contributed by atoms with Crippen molar-refractivity contribution in [3.63, 3.8) is 0 Å². The van der Waals surface area contributed by atoms with Gasteiger partial charge in [-0.25, -0.2) is 0 Å². The zero-order chi connectivity index (χ0) is 6.24. The lowest BCUT2D eigenvalue weighted by Gasteiger charge is -1.87. The van der Waals surface area contributed by atoms with E-state index in [9.17, 15) is 4.79 Å². The van der Waals surface area contributed by atoms with Gasteiger partial charge in [0.1, 0.15) is 6.29 Å². The molecule has 0 N–H and O–H groups in total. The summed E-state index contributed by atoms with van der Waals surface area (Å²) < 4.78 is 0. The van der Waals surface area contributed by atoms with Gasteiger partial charge in [-0.3, -0.25) is 0 Å². The average Bonchev–Trinajstić information content (AvgIpc) is 1.81. The first-order valence-electron chi connectivity index (χ1n) is 2.96. The highest BCUT2D eigenvalue weighted by atomic mass is 24.3. The van der Waals surface area contributed by atoms with E-state index in [1.807, 2.05) is 6.08 Å². The second-order valence-corrected chi connectivity index (χ2v) is 1.74. The highest BCUT2D eigenvalue weighted by Crippen LogP contribution is 1.96. The molecule has 2 heteroatoms. The maximum atomic E-state index is 9.74. The van der Waals surface area contributed by atoms with Crippen molar-refractivity contribution in [3.8, 4) is 0 Å². The number of allylic oxidation sites excluding steroid dienone is 1. The molecular weight excluding hydrogens is 124 g/mol. The first-order valence-corrected chi connectivity index (χ1v) is 2.96. The zero-order valence-electron chi connectivity index (χ0n) is 5.10. The molecule has 0 saturated heterocycles. The summed E-state index contributed by atoms with van der Waals surface area (Å²) in [5, 5.41) is 0. The highest BCUT2D eigenvalue weighted by molar-refractivity contribution is 5.75. The molecule has 0 aromatic carbocycles. The number of hydrogen-bond donors (Lipinski definition) is 0. The molecule has 0 aromatic heterocycles. The number of unbranched alkanes of at least 4 members (excludes halogenated alkanes) is 3. The van der Waals surface area contributed by atoms with Crippen LogP contribution in [0.1, 0.15) is 25.7 Å². The molecule has 0 heterocycles. The smallest absolute Gasteiger partial charge is 0.303 e. The van der Waals surface area contributed by atoms with Crippen LogP contribution in [-0.2, 0) is 4.79 Å². The molecule has 0 radical (unpaired) electrons. The largest absolute Gasteiger partial charge is 0.316 e. The van der Waals surface area contributed by atoms with Crippen molar-refractivity contribution in [2.45, 2.75) is 25.7 Å². The lowest BCUT2D eigenvalue weighted by atomic mass is 10.2. The third-order valence-corrected chi connectivity index (χ3v) is 0.980. The Bertz CT molecular complexity index is 61.3. The second-order valence-electron chi connectivity index (χ2n) is 1.74. The Morgan fingerprint density at radius 1 is 1.22 bits per heavy atom. The minimum Gasteiger partial charge on any atom is -0.303 e. The Morgan fingerprint density at radius 3 is 2.22 bits per heavy atom. The summed E-state index contributed by atoms with van der Waals surface area (Å²) in [6.07, 6.45) is 6.69. The first kappa shape index (κ1) is 11.9.